The highest BCUT2D eigenvalue weighted by Gasteiger charge is 2.33. The molecule has 0 unspecified atom stereocenters. The van der Waals surface area contributed by atoms with E-state index in [9.17, 15) is 10.1 Å². The second-order valence-electron chi connectivity index (χ2n) is 10.7. The molecule has 4 aromatic rings. The lowest BCUT2D eigenvalue weighted by Crippen LogP contribution is -2.40. The minimum Gasteiger partial charge on any atom is -0.457 e. The molecule has 1 amide bonds. The maximum Gasteiger partial charge on any atom is 0.264 e. The first-order chi connectivity index (χ1) is 21.4. The Morgan fingerprint density at radius 3 is 2.53 bits per heavy atom. The first kappa shape index (κ1) is 33.7. The summed E-state index contributed by atoms with van der Waals surface area (Å²) in [6.45, 7) is 4.22. The van der Waals surface area contributed by atoms with Crippen LogP contribution in [0.1, 0.15) is 26.7 Å². The van der Waals surface area contributed by atoms with Gasteiger partial charge in [-0.2, -0.15) is 10.4 Å². The predicted octanol–water partition coefficient (Wildman–Crippen LogP) is 6.69. The standard InChI is InChI=1S/C29H29FN8O2.C2HCl3/c1-29(2,33)14-18(15-31)28(39)37-12-6-7-19(37)16-38-27-24(26(32)34-17-35-27)25(36-38)22-11-10-21(13-23(22)30)40-20-8-4-3-5-9-20;3-1-2(4)5/h3-5,8-11,13-14,17,19H,6-7,12,16,33H2,1-2H3,(H2,32,34,35);1H/b18-14-;/t19-;/m1./s1. The van der Waals surface area contributed by atoms with E-state index in [-0.39, 0.29) is 45.6 Å². The Morgan fingerprint density at radius 1 is 1.20 bits per heavy atom. The zero-order valence-electron chi connectivity index (χ0n) is 24.4. The van der Waals surface area contributed by atoms with Crippen LogP contribution in [0.3, 0.4) is 0 Å². The van der Waals surface area contributed by atoms with Crippen molar-refractivity contribution in [3.05, 3.63) is 82.4 Å². The molecule has 0 bridgehead atoms. The summed E-state index contributed by atoms with van der Waals surface area (Å²) >= 11 is 14.8. The fraction of sp³-hybridized carbons (Fsp3) is 0.258. The summed E-state index contributed by atoms with van der Waals surface area (Å²) in [5, 5.41) is 14.7. The number of hydrogen-bond acceptors (Lipinski definition) is 8. The number of carbonyl (C=O) groups is 1. The van der Waals surface area contributed by atoms with E-state index in [1.54, 1.807) is 47.7 Å². The molecule has 0 spiro atoms. The number of benzene rings is 2. The van der Waals surface area contributed by atoms with Gasteiger partial charge in [-0.1, -0.05) is 53.0 Å². The number of rotatable bonds is 7. The Kier molecular flexibility index (Phi) is 11.0. The average Bonchev–Trinajstić information content (AvgIpc) is 3.61. The van der Waals surface area contributed by atoms with Gasteiger partial charge >= 0.3 is 0 Å². The lowest BCUT2D eigenvalue weighted by molar-refractivity contribution is -0.127. The number of para-hydroxylation sites is 1. The molecule has 3 heterocycles. The van der Waals surface area contributed by atoms with Crippen molar-refractivity contribution in [3.63, 3.8) is 0 Å². The van der Waals surface area contributed by atoms with Gasteiger partial charge in [-0.15, -0.1) is 0 Å². The van der Waals surface area contributed by atoms with Crippen LogP contribution in [0, 0.1) is 17.1 Å². The molecule has 2 aromatic heterocycles. The molecule has 45 heavy (non-hydrogen) atoms. The normalized spacial score (nSPS) is 14.8. The third kappa shape index (κ3) is 8.49. The molecule has 0 radical (unpaired) electrons. The van der Waals surface area contributed by atoms with Crippen molar-refractivity contribution < 1.29 is 13.9 Å². The maximum atomic E-state index is 15.4. The molecule has 1 fully saturated rings. The van der Waals surface area contributed by atoms with Crippen molar-refractivity contribution in [3.8, 4) is 28.8 Å². The lowest BCUT2D eigenvalue weighted by atomic mass is 10.0. The molecule has 0 aliphatic carbocycles. The minimum absolute atomic E-state index is 0.00290. The molecule has 234 valence electrons. The number of likely N-dealkylation sites (tertiary alicyclic amines) is 1. The fourth-order valence-electron chi connectivity index (χ4n) is 4.88. The molecule has 1 saturated heterocycles. The third-order valence-electron chi connectivity index (χ3n) is 6.70. The first-order valence-electron chi connectivity index (χ1n) is 13.8. The molecule has 2 aromatic carbocycles. The zero-order chi connectivity index (χ0) is 32.7. The van der Waals surface area contributed by atoms with E-state index in [4.69, 9.17) is 56.1 Å². The quantitative estimate of drug-likeness (QED) is 0.163. The van der Waals surface area contributed by atoms with Gasteiger partial charge in [-0.25, -0.2) is 19.0 Å². The number of amides is 1. The molecule has 4 N–H and O–H groups in total. The number of hydrogen-bond donors (Lipinski definition) is 2. The topological polar surface area (TPSA) is 149 Å². The van der Waals surface area contributed by atoms with Gasteiger partial charge in [0.2, 0.25) is 0 Å². The second-order valence-corrected chi connectivity index (χ2v) is 12.0. The zero-order valence-corrected chi connectivity index (χ0v) is 26.7. The average molecular weight is 672 g/mol. The van der Waals surface area contributed by atoms with Crippen LogP contribution >= 0.6 is 34.8 Å². The first-order valence-corrected chi connectivity index (χ1v) is 14.9. The van der Waals surface area contributed by atoms with Crippen molar-refractivity contribution in [2.75, 3.05) is 12.3 Å². The number of anilines is 1. The van der Waals surface area contributed by atoms with Crippen LogP contribution in [0.25, 0.3) is 22.3 Å². The number of aromatic nitrogens is 4. The van der Waals surface area contributed by atoms with Crippen LogP contribution < -0.4 is 16.2 Å². The fourth-order valence-corrected chi connectivity index (χ4v) is 4.88. The van der Waals surface area contributed by atoms with Crippen LogP contribution in [0.5, 0.6) is 11.5 Å². The third-order valence-corrected chi connectivity index (χ3v) is 7.36. The summed E-state index contributed by atoms with van der Waals surface area (Å²) < 4.78 is 22.9. The van der Waals surface area contributed by atoms with E-state index < -0.39 is 11.4 Å². The molecule has 1 aliphatic heterocycles. The van der Waals surface area contributed by atoms with Crippen molar-refractivity contribution in [1.29, 1.82) is 5.26 Å². The molecular weight excluding hydrogens is 642 g/mol. The highest BCUT2D eigenvalue weighted by atomic mass is 35.5. The van der Waals surface area contributed by atoms with Gasteiger partial charge in [0.15, 0.2) is 5.65 Å². The summed E-state index contributed by atoms with van der Waals surface area (Å²) in [5.41, 5.74) is 13.4. The van der Waals surface area contributed by atoms with Crippen LogP contribution in [0.4, 0.5) is 10.2 Å². The lowest BCUT2D eigenvalue weighted by Gasteiger charge is -2.25. The Labute approximate surface area is 274 Å². The predicted molar refractivity (Wildman–Crippen MR) is 174 cm³/mol. The summed E-state index contributed by atoms with van der Waals surface area (Å²) in [6.07, 6.45) is 4.27. The Bertz CT molecular complexity index is 1780. The molecule has 5 rings (SSSR count). The number of fused-ring (bicyclic) bond motifs is 1. The number of nitriles is 1. The summed E-state index contributed by atoms with van der Waals surface area (Å²) in [7, 11) is 0. The molecule has 14 heteroatoms. The number of nitrogen functional groups attached to an aromatic ring is 1. The van der Waals surface area contributed by atoms with Gasteiger partial charge in [0.25, 0.3) is 5.91 Å². The largest absolute Gasteiger partial charge is 0.457 e. The van der Waals surface area contributed by atoms with Gasteiger partial charge in [-0.05, 0) is 57.0 Å². The highest BCUT2D eigenvalue weighted by molar-refractivity contribution is 6.58. The molecule has 10 nitrogen and oxygen atoms in total. The van der Waals surface area contributed by atoms with E-state index in [0.717, 1.165) is 12.0 Å². The Morgan fingerprint density at radius 2 is 1.91 bits per heavy atom. The SMILES string of the molecule is CC(C)(N)/C=C(/C#N)C(=O)N1CCC[C@@H]1Cn1nc(-c2ccc(Oc3ccccc3)cc2F)c2c(N)ncnc21.ClC=C(Cl)Cl. The van der Waals surface area contributed by atoms with Gasteiger partial charge in [0, 0.05) is 29.2 Å². The maximum absolute atomic E-state index is 15.4. The van der Waals surface area contributed by atoms with Crippen molar-refractivity contribution in [2.45, 2.75) is 44.8 Å². The Hall–Kier alpha value is -4.21. The van der Waals surface area contributed by atoms with Crippen molar-refractivity contribution in [2.24, 2.45) is 5.73 Å². The smallest absolute Gasteiger partial charge is 0.264 e. The van der Waals surface area contributed by atoms with Gasteiger partial charge < -0.3 is 21.1 Å². The summed E-state index contributed by atoms with van der Waals surface area (Å²) in [6, 6.07) is 15.3. The van der Waals surface area contributed by atoms with Crippen LogP contribution in [-0.4, -0.2) is 48.7 Å². The van der Waals surface area contributed by atoms with Crippen LogP contribution in [0.15, 0.2) is 76.5 Å². The molecule has 0 saturated carbocycles. The number of halogens is 4. The number of nitrogens with zero attached hydrogens (tertiary/aromatic N) is 6. The van der Waals surface area contributed by atoms with Gasteiger partial charge in [0.1, 0.15) is 51.3 Å². The summed E-state index contributed by atoms with van der Waals surface area (Å²) in [5.74, 6) is 0.155. The molecule has 1 atom stereocenters. The second kappa shape index (κ2) is 14.7. The van der Waals surface area contributed by atoms with Crippen LogP contribution in [-0.2, 0) is 11.3 Å². The number of nitrogens with two attached hydrogens (primary N) is 2. The number of carbonyl (C=O) groups excluding carboxylic acids is 1. The van der Waals surface area contributed by atoms with E-state index in [2.05, 4.69) is 9.97 Å². The van der Waals surface area contributed by atoms with Gasteiger partial charge in [0.05, 0.1) is 18.0 Å². The monoisotopic (exact) mass is 670 g/mol. The molecular formula is C31H30Cl3FN8O2. The van der Waals surface area contributed by atoms with E-state index >= 15 is 4.39 Å². The van der Waals surface area contributed by atoms with E-state index in [0.29, 0.717) is 35.5 Å². The van der Waals surface area contributed by atoms with Gasteiger partial charge in [-0.3, -0.25) is 4.79 Å². The van der Waals surface area contributed by atoms with Crippen molar-refractivity contribution in [1.82, 2.24) is 24.6 Å². The highest BCUT2D eigenvalue weighted by Crippen LogP contribution is 2.35. The van der Waals surface area contributed by atoms with Crippen LogP contribution in [0.2, 0.25) is 0 Å². The number of ether oxygens (including phenoxy) is 1. The van der Waals surface area contributed by atoms with Crippen molar-refractivity contribution >= 4 is 57.6 Å². The minimum atomic E-state index is -0.816. The van der Waals surface area contributed by atoms with E-state index in [1.807, 2.05) is 24.3 Å². The van der Waals surface area contributed by atoms with E-state index in [1.165, 1.54) is 18.5 Å². The Balaban J connectivity index is 0.000000854. The summed E-state index contributed by atoms with van der Waals surface area (Å²) in [4.78, 5) is 23.4. The molecule has 1 aliphatic rings.